The number of aromatic nitrogens is 1. The van der Waals surface area contributed by atoms with E-state index in [9.17, 15) is 4.79 Å². The van der Waals surface area contributed by atoms with E-state index in [1.54, 1.807) is 20.2 Å². The number of carbonyl (C=O) groups excluding carboxylic acids is 1. The maximum atomic E-state index is 11.4. The highest BCUT2D eigenvalue weighted by molar-refractivity contribution is 6.07. The minimum absolute atomic E-state index is 0.0638. The SMILES string of the molecule is COc1cc(C)c2[nH]cc(C(C)=O)c2c1. The highest BCUT2D eigenvalue weighted by atomic mass is 16.5. The van der Waals surface area contributed by atoms with Crippen molar-refractivity contribution in [1.82, 2.24) is 4.98 Å². The molecule has 0 aliphatic heterocycles. The number of Topliss-reactive ketones (excluding diaryl/α,β-unsaturated/α-hetero) is 1. The Morgan fingerprint density at radius 1 is 1.40 bits per heavy atom. The minimum atomic E-state index is 0.0638. The summed E-state index contributed by atoms with van der Waals surface area (Å²) in [6.07, 6.45) is 1.75. The number of ketones is 1. The molecule has 0 spiro atoms. The van der Waals surface area contributed by atoms with Crippen molar-refractivity contribution >= 4 is 16.7 Å². The molecule has 0 bridgehead atoms. The molecule has 0 saturated carbocycles. The quantitative estimate of drug-likeness (QED) is 0.762. The Balaban J connectivity index is 2.78. The molecule has 0 atom stereocenters. The largest absolute Gasteiger partial charge is 0.497 e. The number of hydrogen-bond donors (Lipinski definition) is 1. The van der Waals surface area contributed by atoms with E-state index in [2.05, 4.69) is 4.98 Å². The number of ether oxygens (including phenoxy) is 1. The highest BCUT2D eigenvalue weighted by Crippen LogP contribution is 2.27. The first-order valence-corrected chi connectivity index (χ1v) is 4.80. The number of aryl methyl sites for hydroxylation is 1. The average Bonchev–Trinajstić information content (AvgIpc) is 2.61. The second-order valence-electron chi connectivity index (χ2n) is 3.63. The fourth-order valence-electron chi connectivity index (χ4n) is 1.79. The van der Waals surface area contributed by atoms with Gasteiger partial charge in [0.05, 0.1) is 7.11 Å². The molecule has 2 aromatic rings. The van der Waals surface area contributed by atoms with Gasteiger partial charge in [-0.15, -0.1) is 0 Å². The van der Waals surface area contributed by atoms with Gasteiger partial charge in [-0.1, -0.05) is 0 Å². The van der Waals surface area contributed by atoms with E-state index in [0.29, 0.717) is 5.56 Å². The zero-order valence-electron chi connectivity index (χ0n) is 9.05. The van der Waals surface area contributed by atoms with E-state index < -0.39 is 0 Å². The zero-order chi connectivity index (χ0) is 11.0. The summed E-state index contributed by atoms with van der Waals surface area (Å²) in [6.45, 7) is 3.56. The summed E-state index contributed by atoms with van der Waals surface area (Å²) >= 11 is 0. The first-order chi connectivity index (χ1) is 7.13. The van der Waals surface area contributed by atoms with E-state index in [1.807, 2.05) is 19.1 Å². The van der Waals surface area contributed by atoms with Crippen molar-refractivity contribution in [2.75, 3.05) is 7.11 Å². The third-order valence-corrected chi connectivity index (χ3v) is 2.58. The molecule has 0 aliphatic carbocycles. The predicted molar refractivity (Wildman–Crippen MR) is 59.6 cm³/mol. The molecule has 1 aromatic heterocycles. The molecule has 3 nitrogen and oxygen atoms in total. The van der Waals surface area contributed by atoms with Crippen LogP contribution in [0.15, 0.2) is 18.3 Å². The summed E-state index contributed by atoms with van der Waals surface area (Å²) in [7, 11) is 1.63. The van der Waals surface area contributed by atoms with Gasteiger partial charge in [0.1, 0.15) is 5.75 Å². The molecule has 0 amide bonds. The van der Waals surface area contributed by atoms with Gasteiger partial charge < -0.3 is 9.72 Å². The molecule has 0 fully saturated rings. The smallest absolute Gasteiger partial charge is 0.161 e. The van der Waals surface area contributed by atoms with Crippen LogP contribution in [0.25, 0.3) is 10.9 Å². The number of benzene rings is 1. The summed E-state index contributed by atoms with van der Waals surface area (Å²) < 4.78 is 5.18. The van der Waals surface area contributed by atoms with Crippen LogP contribution in [0.4, 0.5) is 0 Å². The molecule has 78 valence electrons. The Labute approximate surface area is 88.1 Å². The molecule has 3 heteroatoms. The predicted octanol–water partition coefficient (Wildman–Crippen LogP) is 2.69. The maximum Gasteiger partial charge on any atom is 0.161 e. The van der Waals surface area contributed by atoms with Crippen LogP contribution in [0.1, 0.15) is 22.8 Å². The lowest BCUT2D eigenvalue weighted by atomic mass is 10.1. The molecule has 1 heterocycles. The Bertz CT molecular complexity index is 526. The molecule has 0 aliphatic rings. The van der Waals surface area contributed by atoms with Crippen molar-refractivity contribution in [3.8, 4) is 5.75 Å². The van der Waals surface area contributed by atoms with Gasteiger partial charge in [-0.05, 0) is 31.5 Å². The summed E-state index contributed by atoms with van der Waals surface area (Å²) in [5.41, 5.74) is 2.80. The van der Waals surface area contributed by atoms with Crippen molar-refractivity contribution in [3.63, 3.8) is 0 Å². The van der Waals surface area contributed by atoms with Crippen LogP contribution in [0.5, 0.6) is 5.75 Å². The van der Waals surface area contributed by atoms with E-state index in [4.69, 9.17) is 4.74 Å². The van der Waals surface area contributed by atoms with Crippen LogP contribution in [0, 0.1) is 6.92 Å². The van der Waals surface area contributed by atoms with Gasteiger partial charge in [-0.2, -0.15) is 0 Å². The molecule has 0 unspecified atom stereocenters. The number of hydrogen-bond acceptors (Lipinski definition) is 2. The standard InChI is InChI=1S/C12H13NO2/c1-7-4-9(15-3)5-10-11(8(2)14)6-13-12(7)10/h4-6,13H,1-3H3. The van der Waals surface area contributed by atoms with Gasteiger partial charge in [-0.3, -0.25) is 4.79 Å². The number of rotatable bonds is 2. The van der Waals surface area contributed by atoms with Crippen molar-refractivity contribution in [1.29, 1.82) is 0 Å². The Hall–Kier alpha value is -1.77. The Morgan fingerprint density at radius 3 is 2.73 bits per heavy atom. The minimum Gasteiger partial charge on any atom is -0.497 e. The zero-order valence-corrected chi connectivity index (χ0v) is 9.05. The highest BCUT2D eigenvalue weighted by Gasteiger charge is 2.10. The van der Waals surface area contributed by atoms with Crippen molar-refractivity contribution in [2.24, 2.45) is 0 Å². The van der Waals surface area contributed by atoms with E-state index >= 15 is 0 Å². The topological polar surface area (TPSA) is 42.1 Å². The van der Waals surface area contributed by atoms with Gasteiger partial charge in [0, 0.05) is 22.7 Å². The first-order valence-electron chi connectivity index (χ1n) is 4.80. The molecule has 0 saturated heterocycles. The van der Waals surface area contributed by atoms with Gasteiger partial charge in [0.15, 0.2) is 5.78 Å². The normalized spacial score (nSPS) is 10.6. The number of fused-ring (bicyclic) bond motifs is 1. The van der Waals surface area contributed by atoms with Gasteiger partial charge in [0.2, 0.25) is 0 Å². The fraction of sp³-hybridized carbons (Fsp3) is 0.250. The molecule has 15 heavy (non-hydrogen) atoms. The van der Waals surface area contributed by atoms with Crippen molar-refractivity contribution in [2.45, 2.75) is 13.8 Å². The van der Waals surface area contributed by atoms with E-state index in [-0.39, 0.29) is 5.78 Å². The van der Waals surface area contributed by atoms with Gasteiger partial charge in [0.25, 0.3) is 0 Å². The van der Waals surface area contributed by atoms with E-state index in [1.165, 1.54) is 0 Å². The summed E-state index contributed by atoms with van der Waals surface area (Å²) in [6, 6.07) is 3.83. The number of nitrogens with one attached hydrogen (secondary N) is 1. The van der Waals surface area contributed by atoms with Gasteiger partial charge >= 0.3 is 0 Å². The monoisotopic (exact) mass is 203 g/mol. The van der Waals surface area contributed by atoms with Crippen LogP contribution < -0.4 is 4.74 Å². The number of methoxy groups -OCH3 is 1. The molecule has 2 rings (SSSR count). The first kappa shape index (κ1) is 9.77. The number of H-pyrrole nitrogens is 1. The maximum absolute atomic E-state index is 11.4. The lowest BCUT2D eigenvalue weighted by Gasteiger charge is -2.03. The number of aromatic amines is 1. The third-order valence-electron chi connectivity index (χ3n) is 2.58. The van der Waals surface area contributed by atoms with Crippen LogP contribution in [0.2, 0.25) is 0 Å². The molecular weight excluding hydrogens is 190 g/mol. The third kappa shape index (κ3) is 1.50. The fourth-order valence-corrected chi connectivity index (χ4v) is 1.79. The van der Waals surface area contributed by atoms with E-state index in [0.717, 1.165) is 22.2 Å². The molecule has 1 aromatic carbocycles. The second-order valence-corrected chi connectivity index (χ2v) is 3.63. The summed E-state index contributed by atoms with van der Waals surface area (Å²) in [5, 5.41) is 0.930. The summed E-state index contributed by atoms with van der Waals surface area (Å²) in [5.74, 6) is 0.844. The van der Waals surface area contributed by atoms with Crippen LogP contribution >= 0.6 is 0 Å². The van der Waals surface area contributed by atoms with Crippen molar-refractivity contribution in [3.05, 3.63) is 29.5 Å². The Morgan fingerprint density at radius 2 is 2.13 bits per heavy atom. The second kappa shape index (κ2) is 3.42. The van der Waals surface area contributed by atoms with Crippen LogP contribution in [0.3, 0.4) is 0 Å². The van der Waals surface area contributed by atoms with Crippen LogP contribution in [-0.4, -0.2) is 17.9 Å². The Kier molecular flexibility index (Phi) is 2.23. The molecule has 0 radical (unpaired) electrons. The van der Waals surface area contributed by atoms with Crippen LogP contribution in [-0.2, 0) is 0 Å². The lowest BCUT2D eigenvalue weighted by Crippen LogP contribution is -1.90. The summed E-state index contributed by atoms with van der Waals surface area (Å²) in [4.78, 5) is 14.5. The average molecular weight is 203 g/mol. The molecular formula is C12H13NO2. The lowest BCUT2D eigenvalue weighted by molar-refractivity contribution is 0.101. The van der Waals surface area contributed by atoms with Gasteiger partial charge in [-0.25, -0.2) is 0 Å². The molecule has 1 N–H and O–H groups in total. The van der Waals surface area contributed by atoms with Crippen molar-refractivity contribution < 1.29 is 9.53 Å². The number of carbonyl (C=O) groups is 1.